The number of hydrogen-bond acceptors (Lipinski definition) is 5. The fourth-order valence-corrected chi connectivity index (χ4v) is 6.58. The lowest BCUT2D eigenvalue weighted by atomic mass is 9.56. The molecule has 1 heterocycles. The minimum absolute atomic E-state index is 0.0248. The lowest BCUT2D eigenvalue weighted by Gasteiger charge is -2.56. The number of aromatic hydroxyl groups is 1. The highest BCUT2D eigenvalue weighted by Crippen LogP contribution is 2.51. The number of aryl methyl sites for hydroxylation is 1. The minimum Gasteiger partial charge on any atom is -0.508 e. The molecule has 200 valence electrons. The molecular formula is C31H42N2O4. The maximum Gasteiger partial charge on any atom is 0.302 e. The molecule has 2 aromatic carbocycles. The largest absolute Gasteiger partial charge is 0.508 e. The Hall–Kier alpha value is -2.86. The van der Waals surface area contributed by atoms with Crippen molar-refractivity contribution in [3.8, 4) is 5.75 Å². The summed E-state index contributed by atoms with van der Waals surface area (Å²) in [6, 6.07) is 18.0. The molecule has 0 bridgehead atoms. The number of benzene rings is 2. The SMILES string of the molecule is CC(=O)OC1CC(N(C)C(=O)CCCCCc2ccccc2)CC2(c3cccc(O)c3)CCN(C)CC12. The van der Waals surface area contributed by atoms with Gasteiger partial charge in [-0.1, -0.05) is 48.9 Å². The molecule has 1 amide bonds. The zero-order valence-electron chi connectivity index (χ0n) is 22.6. The number of carbonyl (C=O) groups excluding carboxylic acids is 2. The van der Waals surface area contributed by atoms with Gasteiger partial charge in [-0.3, -0.25) is 9.59 Å². The highest BCUT2D eigenvalue weighted by Gasteiger charge is 2.54. The number of ether oxygens (including phenoxy) is 1. The van der Waals surface area contributed by atoms with E-state index in [0.29, 0.717) is 12.8 Å². The number of amides is 1. The first kappa shape index (κ1) is 27.2. The molecule has 6 heteroatoms. The third-order valence-corrected chi connectivity index (χ3v) is 8.59. The molecule has 2 aliphatic rings. The second-order valence-corrected chi connectivity index (χ2v) is 11.1. The summed E-state index contributed by atoms with van der Waals surface area (Å²) in [7, 11) is 4.02. The monoisotopic (exact) mass is 506 g/mol. The maximum absolute atomic E-state index is 13.3. The van der Waals surface area contributed by atoms with Crippen molar-refractivity contribution in [3.05, 3.63) is 65.7 Å². The van der Waals surface area contributed by atoms with E-state index in [1.54, 1.807) is 6.07 Å². The van der Waals surface area contributed by atoms with Crippen LogP contribution >= 0.6 is 0 Å². The van der Waals surface area contributed by atoms with Crippen LogP contribution in [0.4, 0.5) is 0 Å². The van der Waals surface area contributed by atoms with Gasteiger partial charge in [0.05, 0.1) is 0 Å². The van der Waals surface area contributed by atoms with Crippen LogP contribution in [0.2, 0.25) is 0 Å². The molecule has 2 aromatic rings. The van der Waals surface area contributed by atoms with E-state index < -0.39 is 0 Å². The number of carbonyl (C=O) groups is 2. The van der Waals surface area contributed by atoms with E-state index in [9.17, 15) is 14.7 Å². The Morgan fingerprint density at radius 3 is 2.62 bits per heavy atom. The van der Waals surface area contributed by atoms with E-state index in [2.05, 4.69) is 42.3 Å². The molecule has 0 spiro atoms. The van der Waals surface area contributed by atoms with Crippen LogP contribution in [0.25, 0.3) is 0 Å². The number of rotatable bonds is 9. The Kier molecular flexibility index (Phi) is 8.91. The quantitative estimate of drug-likeness (QED) is 0.386. The van der Waals surface area contributed by atoms with Crippen LogP contribution < -0.4 is 0 Å². The third kappa shape index (κ3) is 6.53. The molecule has 0 radical (unpaired) electrons. The second-order valence-electron chi connectivity index (χ2n) is 11.1. The van der Waals surface area contributed by atoms with Crippen molar-refractivity contribution in [1.29, 1.82) is 0 Å². The van der Waals surface area contributed by atoms with E-state index in [1.165, 1.54) is 12.5 Å². The first-order chi connectivity index (χ1) is 17.8. The molecular weight excluding hydrogens is 464 g/mol. The van der Waals surface area contributed by atoms with Gasteiger partial charge in [0, 0.05) is 50.7 Å². The van der Waals surface area contributed by atoms with E-state index >= 15 is 0 Å². The van der Waals surface area contributed by atoms with Gasteiger partial charge in [-0.05, 0) is 69.0 Å². The zero-order valence-corrected chi connectivity index (χ0v) is 22.6. The van der Waals surface area contributed by atoms with Gasteiger partial charge in [0.2, 0.25) is 5.91 Å². The molecule has 2 fully saturated rings. The summed E-state index contributed by atoms with van der Waals surface area (Å²) in [5, 5.41) is 10.3. The van der Waals surface area contributed by atoms with Gasteiger partial charge in [0.15, 0.2) is 0 Å². The maximum atomic E-state index is 13.3. The minimum atomic E-state index is -0.281. The van der Waals surface area contributed by atoms with Gasteiger partial charge < -0.3 is 19.6 Å². The van der Waals surface area contributed by atoms with Crippen LogP contribution in [-0.4, -0.2) is 66.1 Å². The molecule has 4 rings (SSSR count). The molecule has 0 aromatic heterocycles. The van der Waals surface area contributed by atoms with Crippen LogP contribution in [0, 0.1) is 5.92 Å². The summed E-state index contributed by atoms with van der Waals surface area (Å²) < 4.78 is 5.93. The van der Waals surface area contributed by atoms with E-state index in [1.807, 2.05) is 30.1 Å². The number of esters is 1. The number of nitrogens with zero attached hydrogens (tertiary/aromatic N) is 2. The second kappa shape index (κ2) is 12.1. The first-order valence-electron chi connectivity index (χ1n) is 13.7. The van der Waals surface area contributed by atoms with Gasteiger partial charge >= 0.3 is 5.97 Å². The fraction of sp³-hybridized carbons (Fsp3) is 0.548. The standard InChI is InChI=1S/C31H42N2O4/c1-23(34)37-29-20-26(33(3)30(36)16-9-5-8-13-24-11-6-4-7-12-24)21-31(17-18-32(2)22-28(29)31)25-14-10-15-27(35)19-25/h4,6-7,10-12,14-15,19,26,28-29,35H,5,8-9,13,16-18,20-22H2,1-3H3. The van der Waals surface area contributed by atoms with Crippen molar-refractivity contribution in [3.63, 3.8) is 0 Å². The Balaban J connectivity index is 1.46. The van der Waals surface area contributed by atoms with Crippen LogP contribution in [0.1, 0.15) is 63.0 Å². The van der Waals surface area contributed by atoms with Gasteiger partial charge in [0.1, 0.15) is 11.9 Å². The number of fused-ring (bicyclic) bond motifs is 1. The fourth-order valence-electron chi connectivity index (χ4n) is 6.58. The van der Waals surface area contributed by atoms with Crippen molar-refractivity contribution in [2.45, 2.75) is 75.9 Å². The van der Waals surface area contributed by atoms with Crippen LogP contribution in [0.5, 0.6) is 5.75 Å². The average molecular weight is 507 g/mol. The number of hydrogen-bond donors (Lipinski definition) is 1. The highest BCUT2D eigenvalue weighted by atomic mass is 16.5. The Morgan fingerprint density at radius 1 is 1.11 bits per heavy atom. The number of unbranched alkanes of at least 4 members (excludes halogenated alkanes) is 2. The van der Waals surface area contributed by atoms with E-state index in [-0.39, 0.29) is 41.1 Å². The van der Waals surface area contributed by atoms with Gasteiger partial charge in [-0.15, -0.1) is 0 Å². The first-order valence-corrected chi connectivity index (χ1v) is 13.7. The van der Waals surface area contributed by atoms with Crippen molar-refractivity contribution >= 4 is 11.9 Å². The number of phenolic OH excluding ortho intramolecular Hbond substituents is 1. The van der Waals surface area contributed by atoms with Crippen molar-refractivity contribution in [2.75, 3.05) is 27.2 Å². The average Bonchev–Trinajstić information content (AvgIpc) is 2.88. The number of phenols is 1. The summed E-state index contributed by atoms with van der Waals surface area (Å²) in [5.74, 6) is 0.227. The summed E-state index contributed by atoms with van der Waals surface area (Å²) in [5.41, 5.74) is 2.15. The van der Waals surface area contributed by atoms with Crippen LogP contribution in [0.15, 0.2) is 54.6 Å². The lowest BCUT2D eigenvalue weighted by Crippen LogP contribution is -2.61. The molecule has 1 N–H and O–H groups in total. The summed E-state index contributed by atoms with van der Waals surface area (Å²) >= 11 is 0. The third-order valence-electron chi connectivity index (χ3n) is 8.59. The Labute approximate surface area is 221 Å². The van der Waals surface area contributed by atoms with Gasteiger partial charge in [0.25, 0.3) is 0 Å². The summed E-state index contributed by atoms with van der Waals surface area (Å²) in [4.78, 5) is 29.6. The van der Waals surface area contributed by atoms with Crippen LogP contribution in [0.3, 0.4) is 0 Å². The molecule has 37 heavy (non-hydrogen) atoms. The topological polar surface area (TPSA) is 70.1 Å². The Morgan fingerprint density at radius 2 is 1.89 bits per heavy atom. The highest BCUT2D eigenvalue weighted by molar-refractivity contribution is 5.76. The van der Waals surface area contributed by atoms with Crippen molar-refractivity contribution < 1.29 is 19.4 Å². The van der Waals surface area contributed by atoms with Gasteiger partial charge in [-0.2, -0.15) is 0 Å². The predicted molar refractivity (Wildman–Crippen MR) is 145 cm³/mol. The van der Waals surface area contributed by atoms with E-state index in [4.69, 9.17) is 4.74 Å². The van der Waals surface area contributed by atoms with Crippen LogP contribution in [-0.2, 0) is 26.2 Å². The smallest absolute Gasteiger partial charge is 0.302 e. The predicted octanol–water partition coefficient (Wildman–Crippen LogP) is 4.94. The molecule has 6 nitrogen and oxygen atoms in total. The lowest BCUT2D eigenvalue weighted by molar-refractivity contribution is -0.160. The number of piperidine rings is 1. The number of likely N-dealkylation sites (tertiary alicyclic amines) is 1. The van der Waals surface area contributed by atoms with Gasteiger partial charge in [-0.25, -0.2) is 0 Å². The molecule has 1 saturated heterocycles. The van der Waals surface area contributed by atoms with E-state index in [0.717, 1.165) is 57.2 Å². The Bertz CT molecular complexity index is 1060. The van der Waals surface area contributed by atoms with Crippen molar-refractivity contribution in [2.24, 2.45) is 5.92 Å². The molecule has 4 atom stereocenters. The molecule has 4 unspecified atom stereocenters. The molecule has 1 aliphatic carbocycles. The summed E-state index contributed by atoms with van der Waals surface area (Å²) in [6.07, 6.45) is 6.63. The summed E-state index contributed by atoms with van der Waals surface area (Å²) in [6.45, 7) is 3.21. The molecule has 1 saturated carbocycles. The molecule has 1 aliphatic heterocycles. The van der Waals surface area contributed by atoms with Crippen molar-refractivity contribution in [1.82, 2.24) is 9.80 Å². The normalized spacial score (nSPS) is 25.8. The zero-order chi connectivity index (χ0) is 26.4.